The van der Waals surface area contributed by atoms with Crippen LogP contribution in [0.3, 0.4) is 0 Å². The van der Waals surface area contributed by atoms with Crippen LogP contribution in [-0.2, 0) is 11.3 Å². The fraction of sp³-hybridized carbons (Fsp3) is 0.600. The second-order valence-corrected chi connectivity index (χ2v) is 6.22. The van der Waals surface area contributed by atoms with Crippen LogP contribution in [0.5, 0.6) is 0 Å². The van der Waals surface area contributed by atoms with Crippen molar-refractivity contribution >= 4 is 17.7 Å². The van der Waals surface area contributed by atoms with Crippen LogP contribution in [0.4, 0.5) is 4.79 Å². The molecule has 0 atom stereocenters. The van der Waals surface area contributed by atoms with Crippen LogP contribution in [-0.4, -0.2) is 29.8 Å². The Morgan fingerprint density at radius 2 is 2.00 bits per heavy atom. The van der Waals surface area contributed by atoms with Gasteiger partial charge < -0.3 is 15.4 Å². The zero-order chi connectivity index (χ0) is 15.7. The average Bonchev–Trinajstić information content (AvgIpc) is 2.37. The van der Waals surface area contributed by atoms with Crippen molar-refractivity contribution < 1.29 is 9.53 Å². The minimum absolute atomic E-state index is 0.360. The molecule has 0 aliphatic rings. The molecule has 0 saturated heterocycles. The quantitative estimate of drug-likeness (QED) is 0.759. The number of amides is 1. The normalized spacial score (nSPS) is 11.2. The monoisotopic (exact) mass is 313 g/mol. The summed E-state index contributed by atoms with van der Waals surface area (Å²) in [4.78, 5) is 15.6. The van der Waals surface area contributed by atoms with Gasteiger partial charge in [0.05, 0.1) is 10.7 Å². The number of ether oxygens (including phenoxy) is 1. The van der Waals surface area contributed by atoms with E-state index < -0.39 is 5.60 Å². The second-order valence-electron chi connectivity index (χ2n) is 5.78. The molecule has 1 amide bonds. The minimum Gasteiger partial charge on any atom is -0.444 e. The molecular formula is C15H24ClN3O2. The number of carbonyl (C=O) groups excluding carboxylic acids is 1. The highest BCUT2D eigenvalue weighted by Gasteiger charge is 2.15. The molecule has 1 aromatic heterocycles. The van der Waals surface area contributed by atoms with E-state index in [9.17, 15) is 4.79 Å². The average molecular weight is 314 g/mol. The van der Waals surface area contributed by atoms with Gasteiger partial charge in [0.2, 0.25) is 0 Å². The maximum absolute atomic E-state index is 11.4. The van der Waals surface area contributed by atoms with Gasteiger partial charge in [-0.05, 0) is 52.3 Å². The molecule has 0 saturated carbocycles. The fourth-order valence-electron chi connectivity index (χ4n) is 1.61. The Morgan fingerprint density at radius 3 is 2.62 bits per heavy atom. The van der Waals surface area contributed by atoms with Gasteiger partial charge in [-0.1, -0.05) is 11.6 Å². The van der Waals surface area contributed by atoms with Crippen molar-refractivity contribution in [2.45, 2.75) is 45.8 Å². The molecule has 1 aromatic rings. The van der Waals surface area contributed by atoms with Crippen molar-refractivity contribution in [3.63, 3.8) is 0 Å². The Hall–Kier alpha value is -1.33. The molecule has 1 heterocycles. The lowest BCUT2D eigenvalue weighted by molar-refractivity contribution is 0.0527. The molecule has 21 heavy (non-hydrogen) atoms. The van der Waals surface area contributed by atoms with Crippen molar-refractivity contribution in [2.75, 3.05) is 13.1 Å². The molecule has 5 nitrogen and oxygen atoms in total. The summed E-state index contributed by atoms with van der Waals surface area (Å²) in [7, 11) is 0. The van der Waals surface area contributed by atoms with Gasteiger partial charge in [-0.15, -0.1) is 0 Å². The lowest BCUT2D eigenvalue weighted by Gasteiger charge is -2.19. The van der Waals surface area contributed by atoms with Gasteiger partial charge in [-0.2, -0.15) is 0 Å². The number of halogens is 1. The maximum Gasteiger partial charge on any atom is 0.407 e. The van der Waals surface area contributed by atoms with Crippen LogP contribution < -0.4 is 10.6 Å². The van der Waals surface area contributed by atoms with Gasteiger partial charge >= 0.3 is 6.09 Å². The number of nitrogens with one attached hydrogen (secondary N) is 2. The van der Waals surface area contributed by atoms with E-state index >= 15 is 0 Å². The predicted molar refractivity (Wildman–Crippen MR) is 84.4 cm³/mol. The summed E-state index contributed by atoms with van der Waals surface area (Å²) in [5.41, 5.74) is 0.517. The first-order valence-electron chi connectivity index (χ1n) is 7.15. The molecule has 0 spiro atoms. The van der Waals surface area contributed by atoms with Crippen LogP contribution in [0, 0.1) is 0 Å². The molecule has 118 valence electrons. The number of alkyl carbamates (subject to hydrolysis) is 1. The summed E-state index contributed by atoms with van der Waals surface area (Å²) in [6.45, 7) is 7.76. The summed E-state index contributed by atoms with van der Waals surface area (Å²) in [6.07, 6.45) is 3.16. The molecule has 0 aliphatic carbocycles. The highest BCUT2D eigenvalue weighted by atomic mass is 35.5. The Kier molecular flexibility index (Phi) is 7.47. The van der Waals surface area contributed by atoms with Crippen molar-refractivity contribution in [2.24, 2.45) is 0 Å². The molecule has 0 radical (unpaired) electrons. The van der Waals surface area contributed by atoms with Crippen LogP contribution in [0.25, 0.3) is 0 Å². The maximum atomic E-state index is 11.4. The third-order valence-electron chi connectivity index (χ3n) is 2.54. The molecule has 2 N–H and O–H groups in total. The fourth-order valence-corrected chi connectivity index (χ4v) is 1.72. The number of nitrogens with zero attached hydrogens (tertiary/aromatic N) is 1. The largest absolute Gasteiger partial charge is 0.444 e. The van der Waals surface area contributed by atoms with E-state index in [4.69, 9.17) is 16.3 Å². The molecule has 0 unspecified atom stereocenters. The summed E-state index contributed by atoms with van der Waals surface area (Å²) >= 11 is 5.77. The summed E-state index contributed by atoms with van der Waals surface area (Å²) in [5, 5.41) is 6.68. The molecule has 0 fully saturated rings. The van der Waals surface area contributed by atoms with Crippen LogP contribution >= 0.6 is 11.6 Å². The third kappa shape index (κ3) is 9.26. The standard InChI is InChI=1S/C15H24ClN3O2/c1-15(2,3)21-14(20)18-9-5-4-8-17-11-13-7-6-12(16)10-19-13/h6-7,10,17H,4-5,8-9,11H2,1-3H3,(H,18,20). The first-order chi connectivity index (χ1) is 9.87. The number of rotatable bonds is 7. The van der Waals surface area contributed by atoms with Crippen molar-refractivity contribution in [1.82, 2.24) is 15.6 Å². The highest BCUT2D eigenvalue weighted by Crippen LogP contribution is 2.06. The zero-order valence-corrected chi connectivity index (χ0v) is 13.7. The zero-order valence-electron chi connectivity index (χ0n) is 12.9. The molecular weight excluding hydrogens is 290 g/mol. The van der Waals surface area contributed by atoms with Crippen LogP contribution in [0.1, 0.15) is 39.3 Å². The van der Waals surface area contributed by atoms with E-state index in [1.54, 1.807) is 6.20 Å². The Balaban J connectivity index is 2.00. The van der Waals surface area contributed by atoms with Gasteiger partial charge in [0.15, 0.2) is 0 Å². The molecule has 6 heteroatoms. The van der Waals surface area contributed by atoms with Gasteiger partial charge in [0, 0.05) is 19.3 Å². The van der Waals surface area contributed by atoms with Gasteiger partial charge in [-0.25, -0.2) is 4.79 Å². The SMILES string of the molecule is CC(C)(C)OC(=O)NCCCCNCc1ccc(Cl)cn1. The third-order valence-corrected chi connectivity index (χ3v) is 2.77. The Morgan fingerprint density at radius 1 is 1.29 bits per heavy atom. The summed E-state index contributed by atoms with van der Waals surface area (Å²) in [5.74, 6) is 0. The van der Waals surface area contributed by atoms with Crippen LogP contribution in [0.15, 0.2) is 18.3 Å². The topological polar surface area (TPSA) is 63.2 Å². The molecule has 1 rings (SSSR count). The van der Waals surface area contributed by atoms with Gasteiger partial charge in [0.1, 0.15) is 5.60 Å². The lowest BCUT2D eigenvalue weighted by atomic mass is 10.2. The van der Waals surface area contributed by atoms with Crippen LogP contribution in [0.2, 0.25) is 5.02 Å². The number of hydrogen-bond acceptors (Lipinski definition) is 4. The number of unbranched alkanes of at least 4 members (excludes halogenated alkanes) is 1. The van der Waals surface area contributed by atoms with Gasteiger partial charge in [-0.3, -0.25) is 4.98 Å². The van der Waals surface area contributed by atoms with E-state index in [2.05, 4.69) is 15.6 Å². The van der Waals surface area contributed by atoms with E-state index in [1.807, 2.05) is 32.9 Å². The lowest BCUT2D eigenvalue weighted by Crippen LogP contribution is -2.33. The number of aromatic nitrogens is 1. The predicted octanol–water partition coefficient (Wildman–Crippen LogP) is 3.13. The number of hydrogen-bond donors (Lipinski definition) is 2. The van der Waals surface area contributed by atoms with E-state index in [0.717, 1.165) is 31.6 Å². The highest BCUT2D eigenvalue weighted by molar-refractivity contribution is 6.30. The number of carbonyl (C=O) groups is 1. The van der Waals surface area contributed by atoms with Crippen molar-refractivity contribution in [3.05, 3.63) is 29.0 Å². The second kappa shape index (κ2) is 8.85. The molecule has 0 bridgehead atoms. The number of pyridine rings is 1. The summed E-state index contributed by atoms with van der Waals surface area (Å²) < 4.78 is 5.15. The minimum atomic E-state index is -0.447. The molecule has 0 aliphatic heterocycles. The summed E-state index contributed by atoms with van der Waals surface area (Å²) in [6, 6.07) is 3.73. The smallest absolute Gasteiger partial charge is 0.407 e. The first-order valence-corrected chi connectivity index (χ1v) is 7.52. The Bertz CT molecular complexity index is 430. The first kappa shape index (κ1) is 17.7. The van der Waals surface area contributed by atoms with Crippen molar-refractivity contribution in [1.29, 1.82) is 0 Å². The Labute approximate surface area is 131 Å². The molecule has 0 aromatic carbocycles. The van der Waals surface area contributed by atoms with E-state index in [-0.39, 0.29) is 6.09 Å². The van der Waals surface area contributed by atoms with E-state index in [0.29, 0.717) is 11.6 Å². The van der Waals surface area contributed by atoms with Crippen molar-refractivity contribution in [3.8, 4) is 0 Å². The van der Waals surface area contributed by atoms with Gasteiger partial charge in [0.25, 0.3) is 0 Å². The van der Waals surface area contributed by atoms with E-state index in [1.165, 1.54) is 0 Å².